The Balaban J connectivity index is 1.71. The van der Waals surface area contributed by atoms with Crippen molar-refractivity contribution in [1.29, 1.82) is 0 Å². The molecular formula is C22H16ClNO. The third kappa shape index (κ3) is 2.86. The van der Waals surface area contributed by atoms with Gasteiger partial charge in [-0.25, -0.2) is 0 Å². The summed E-state index contributed by atoms with van der Waals surface area (Å²) >= 11 is 5.86. The SMILES string of the molecule is Cn1c2ccccc2c2cc(/C=C/C(=O)c3ccc(Cl)cc3)ccc21. The number of fused-ring (bicyclic) bond motifs is 3. The van der Waals surface area contributed by atoms with Crippen LogP contribution in [-0.2, 0) is 7.05 Å². The van der Waals surface area contributed by atoms with Crippen LogP contribution in [-0.4, -0.2) is 10.4 Å². The van der Waals surface area contributed by atoms with Gasteiger partial charge in [-0.2, -0.15) is 0 Å². The molecule has 2 nitrogen and oxygen atoms in total. The zero-order valence-corrected chi connectivity index (χ0v) is 14.5. The van der Waals surface area contributed by atoms with Crippen molar-refractivity contribution in [3.05, 3.63) is 89.0 Å². The molecule has 0 fully saturated rings. The lowest BCUT2D eigenvalue weighted by Crippen LogP contribution is -1.93. The van der Waals surface area contributed by atoms with Crippen molar-refractivity contribution in [2.24, 2.45) is 7.05 Å². The number of nitrogens with zero attached hydrogens (tertiary/aromatic N) is 1. The van der Waals surface area contributed by atoms with Crippen LogP contribution in [0.2, 0.25) is 5.02 Å². The molecule has 0 spiro atoms. The smallest absolute Gasteiger partial charge is 0.185 e. The van der Waals surface area contributed by atoms with Crippen molar-refractivity contribution in [3.63, 3.8) is 0 Å². The molecule has 0 aliphatic heterocycles. The molecule has 122 valence electrons. The normalized spacial score (nSPS) is 11.6. The Morgan fingerprint density at radius 1 is 0.920 bits per heavy atom. The number of aromatic nitrogens is 1. The fraction of sp³-hybridized carbons (Fsp3) is 0.0455. The molecule has 0 unspecified atom stereocenters. The van der Waals surface area contributed by atoms with E-state index in [2.05, 4.69) is 35.9 Å². The van der Waals surface area contributed by atoms with Gasteiger partial charge in [0.2, 0.25) is 0 Å². The number of carbonyl (C=O) groups is 1. The van der Waals surface area contributed by atoms with Gasteiger partial charge in [0.25, 0.3) is 0 Å². The van der Waals surface area contributed by atoms with E-state index in [4.69, 9.17) is 11.6 Å². The molecule has 0 amide bonds. The molecule has 0 radical (unpaired) electrons. The van der Waals surface area contributed by atoms with Crippen LogP contribution in [0.25, 0.3) is 27.9 Å². The van der Waals surface area contributed by atoms with Gasteiger partial charge in [0.05, 0.1) is 0 Å². The van der Waals surface area contributed by atoms with Crippen molar-refractivity contribution in [2.45, 2.75) is 0 Å². The topological polar surface area (TPSA) is 22.0 Å². The van der Waals surface area contributed by atoms with Crippen LogP contribution in [0.5, 0.6) is 0 Å². The number of benzene rings is 3. The minimum absolute atomic E-state index is 0.0327. The van der Waals surface area contributed by atoms with Gasteiger partial charge in [-0.1, -0.05) is 41.9 Å². The minimum Gasteiger partial charge on any atom is -0.344 e. The van der Waals surface area contributed by atoms with Crippen LogP contribution in [0.15, 0.2) is 72.8 Å². The average molecular weight is 346 g/mol. The van der Waals surface area contributed by atoms with Gasteiger partial charge >= 0.3 is 0 Å². The molecule has 3 heteroatoms. The van der Waals surface area contributed by atoms with E-state index < -0.39 is 0 Å². The molecule has 4 rings (SSSR count). The predicted molar refractivity (Wildman–Crippen MR) is 105 cm³/mol. The minimum atomic E-state index is -0.0327. The highest BCUT2D eigenvalue weighted by molar-refractivity contribution is 6.30. The fourth-order valence-corrected chi connectivity index (χ4v) is 3.30. The van der Waals surface area contributed by atoms with E-state index in [1.165, 1.54) is 21.8 Å². The highest BCUT2D eigenvalue weighted by Gasteiger charge is 2.07. The van der Waals surface area contributed by atoms with E-state index in [9.17, 15) is 4.79 Å². The molecule has 1 heterocycles. The lowest BCUT2D eigenvalue weighted by atomic mass is 10.1. The molecule has 0 saturated carbocycles. The van der Waals surface area contributed by atoms with Gasteiger partial charge in [-0.15, -0.1) is 0 Å². The third-order valence-electron chi connectivity index (χ3n) is 4.49. The summed E-state index contributed by atoms with van der Waals surface area (Å²) in [6, 6.07) is 21.5. The number of halogens is 1. The summed E-state index contributed by atoms with van der Waals surface area (Å²) in [4.78, 5) is 12.3. The van der Waals surface area contributed by atoms with E-state index in [0.717, 1.165) is 5.56 Å². The number of carbonyl (C=O) groups excluding carboxylic acids is 1. The van der Waals surface area contributed by atoms with Crippen LogP contribution in [0.4, 0.5) is 0 Å². The Bertz CT molecular complexity index is 1120. The fourth-order valence-electron chi connectivity index (χ4n) is 3.17. The van der Waals surface area contributed by atoms with Gasteiger partial charge < -0.3 is 4.57 Å². The maximum Gasteiger partial charge on any atom is 0.185 e. The van der Waals surface area contributed by atoms with Crippen molar-refractivity contribution in [1.82, 2.24) is 4.57 Å². The van der Waals surface area contributed by atoms with Crippen molar-refractivity contribution >= 4 is 45.3 Å². The van der Waals surface area contributed by atoms with Crippen LogP contribution in [0.3, 0.4) is 0 Å². The quantitative estimate of drug-likeness (QED) is 0.335. The zero-order chi connectivity index (χ0) is 17.4. The summed E-state index contributed by atoms with van der Waals surface area (Å²) in [5.41, 5.74) is 4.02. The Hall–Kier alpha value is -2.84. The molecule has 0 saturated heterocycles. The largest absolute Gasteiger partial charge is 0.344 e. The molecule has 1 aromatic heterocycles. The Morgan fingerprint density at radius 3 is 2.44 bits per heavy atom. The van der Waals surface area contributed by atoms with E-state index in [-0.39, 0.29) is 5.78 Å². The summed E-state index contributed by atoms with van der Waals surface area (Å²) in [7, 11) is 2.07. The summed E-state index contributed by atoms with van der Waals surface area (Å²) < 4.78 is 2.19. The van der Waals surface area contributed by atoms with E-state index in [0.29, 0.717) is 10.6 Å². The van der Waals surface area contributed by atoms with Gasteiger partial charge in [0.1, 0.15) is 0 Å². The van der Waals surface area contributed by atoms with E-state index in [1.54, 1.807) is 30.3 Å². The van der Waals surface area contributed by atoms with Crippen molar-refractivity contribution in [2.75, 3.05) is 0 Å². The molecule has 0 aliphatic carbocycles. The number of hydrogen-bond donors (Lipinski definition) is 0. The third-order valence-corrected chi connectivity index (χ3v) is 4.75. The lowest BCUT2D eigenvalue weighted by molar-refractivity contribution is 0.104. The molecule has 4 aromatic rings. The first-order valence-corrected chi connectivity index (χ1v) is 8.46. The molecule has 25 heavy (non-hydrogen) atoms. The second-order valence-electron chi connectivity index (χ2n) is 6.06. The number of aryl methyl sites for hydroxylation is 1. The number of ketones is 1. The summed E-state index contributed by atoms with van der Waals surface area (Å²) in [6.07, 6.45) is 3.47. The van der Waals surface area contributed by atoms with E-state index >= 15 is 0 Å². The molecule has 0 N–H and O–H groups in total. The lowest BCUT2D eigenvalue weighted by Gasteiger charge is -1.99. The highest BCUT2D eigenvalue weighted by atomic mass is 35.5. The van der Waals surface area contributed by atoms with Crippen molar-refractivity contribution in [3.8, 4) is 0 Å². The molecule has 0 atom stereocenters. The van der Waals surface area contributed by atoms with Gasteiger partial charge in [-0.3, -0.25) is 4.79 Å². The molecule has 3 aromatic carbocycles. The molecular weight excluding hydrogens is 330 g/mol. The number of para-hydroxylation sites is 1. The monoisotopic (exact) mass is 345 g/mol. The van der Waals surface area contributed by atoms with Gasteiger partial charge in [0.15, 0.2) is 5.78 Å². The van der Waals surface area contributed by atoms with Crippen LogP contribution in [0.1, 0.15) is 15.9 Å². The maximum atomic E-state index is 12.3. The second kappa shape index (κ2) is 6.23. The van der Waals surface area contributed by atoms with Crippen LogP contribution < -0.4 is 0 Å². The molecule has 0 bridgehead atoms. The Morgan fingerprint density at radius 2 is 1.64 bits per heavy atom. The molecule has 0 aliphatic rings. The first-order chi connectivity index (χ1) is 12.1. The van der Waals surface area contributed by atoms with Gasteiger partial charge in [0, 0.05) is 39.4 Å². The first kappa shape index (κ1) is 15.7. The van der Waals surface area contributed by atoms with Crippen LogP contribution >= 0.6 is 11.6 Å². The summed E-state index contributed by atoms with van der Waals surface area (Å²) in [5, 5.41) is 3.04. The first-order valence-electron chi connectivity index (χ1n) is 8.08. The number of rotatable bonds is 3. The Labute approximate surface area is 151 Å². The number of allylic oxidation sites excluding steroid dienone is 1. The number of hydrogen-bond acceptors (Lipinski definition) is 1. The summed E-state index contributed by atoms with van der Waals surface area (Å²) in [5.74, 6) is -0.0327. The predicted octanol–water partition coefficient (Wildman–Crippen LogP) is 5.88. The van der Waals surface area contributed by atoms with Gasteiger partial charge in [-0.05, 0) is 54.1 Å². The highest BCUT2D eigenvalue weighted by Crippen LogP contribution is 2.29. The van der Waals surface area contributed by atoms with Crippen molar-refractivity contribution < 1.29 is 4.79 Å². The standard InChI is InChI=1S/C22H16ClNO/c1-24-20-5-3-2-4-18(20)19-14-15(6-12-21(19)24)7-13-22(25)16-8-10-17(23)11-9-16/h2-14H,1H3/b13-7+. The zero-order valence-electron chi connectivity index (χ0n) is 13.7. The summed E-state index contributed by atoms with van der Waals surface area (Å²) in [6.45, 7) is 0. The van der Waals surface area contributed by atoms with E-state index in [1.807, 2.05) is 24.3 Å². The maximum absolute atomic E-state index is 12.3. The second-order valence-corrected chi connectivity index (χ2v) is 6.49. The van der Waals surface area contributed by atoms with Crippen LogP contribution in [0, 0.1) is 0 Å². The Kier molecular flexibility index (Phi) is 3.90. The average Bonchev–Trinajstić information content (AvgIpc) is 2.93.